The first-order valence-electron chi connectivity index (χ1n) is 5.94. The number of allylic oxidation sites excluding steroid dienone is 1. The van der Waals surface area contributed by atoms with Crippen molar-refractivity contribution in [1.29, 1.82) is 0 Å². The van der Waals surface area contributed by atoms with Crippen LogP contribution in [0.2, 0.25) is 10.0 Å². The fraction of sp³-hybridized carbons (Fsp3) is 0.333. The van der Waals surface area contributed by atoms with Crippen LogP contribution in [0.25, 0.3) is 5.57 Å². The highest BCUT2D eigenvalue weighted by atomic mass is 35.5. The van der Waals surface area contributed by atoms with Gasteiger partial charge in [-0.1, -0.05) is 42.6 Å². The summed E-state index contributed by atoms with van der Waals surface area (Å²) in [7, 11) is 1.77. The van der Waals surface area contributed by atoms with Gasteiger partial charge < -0.3 is 0 Å². The molecular formula is C15H17Cl2N. The predicted molar refractivity (Wildman–Crippen MR) is 81.9 cm³/mol. The van der Waals surface area contributed by atoms with Gasteiger partial charge in [0.25, 0.3) is 0 Å². The average Bonchev–Trinajstić information content (AvgIpc) is 2.37. The Bertz CT molecular complexity index is 509. The van der Waals surface area contributed by atoms with Crippen LogP contribution in [0.5, 0.6) is 0 Å². The Kier molecular flexibility index (Phi) is 6.21. The molecule has 96 valence electrons. The van der Waals surface area contributed by atoms with E-state index in [1.807, 2.05) is 25.1 Å². The molecule has 0 aliphatic carbocycles. The summed E-state index contributed by atoms with van der Waals surface area (Å²) >= 11 is 12.0. The smallest absolute Gasteiger partial charge is 0.0598 e. The normalized spacial score (nSPS) is 11.1. The summed E-state index contributed by atoms with van der Waals surface area (Å²) in [5, 5.41) is 1.11. The lowest BCUT2D eigenvalue weighted by Gasteiger charge is -2.06. The topological polar surface area (TPSA) is 12.4 Å². The molecule has 18 heavy (non-hydrogen) atoms. The summed E-state index contributed by atoms with van der Waals surface area (Å²) in [5.41, 5.74) is 6.17. The zero-order valence-electron chi connectivity index (χ0n) is 10.9. The molecule has 0 bridgehead atoms. The molecular weight excluding hydrogens is 265 g/mol. The minimum atomic E-state index is 0.549. The molecule has 3 heteroatoms. The van der Waals surface area contributed by atoms with Gasteiger partial charge in [-0.3, -0.25) is 4.99 Å². The van der Waals surface area contributed by atoms with Crippen LogP contribution < -0.4 is 0 Å². The number of benzene rings is 1. The quantitative estimate of drug-likeness (QED) is 0.516. The Labute approximate surface area is 119 Å². The molecule has 0 aliphatic rings. The van der Waals surface area contributed by atoms with Crippen LogP contribution in [-0.4, -0.2) is 12.8 Å². The van der Waals surface area contributed by atoms with Crippen molar-refractivity contribution in [1.82, 2.24) is 0 Å². The molecule has 1 aromatic rings. The number of nitrogens with zero attached hydrogens (tertiary/aromatic N) is 1. The van der Waals surface area contributed by atoms with E-state index < -0.39 is 0 Å². The lowest BCUT2D eigenvalue weighted by Crippen LogP contribution is -1.96. The summed E-state index contributed by atoms with van der Waals surface area (Å²) in [6.07, 6.45) is 4.14. The molecule has 0 heterocycles. The maximum absolute atomic E-state index is 6.04. The minimum Gasteiger partial charge on any atom is -0.292 e. The Balaban J connectivity index is 3.26. The third kappa shape index (κ3) is 4.03. The first kappa shape index (κ1) is 15.0. The van der Waals surface area contributed by atoms with Gasteiger partial charge in [-0.25, -0.2) is 0 Å². The molecule has 0 N–H and O–H groups in total. The summed E-state index contributed by atoms with van der Waals surface area (Å²) < 4.78 is 0. The van der Waals surface area contributed by atoms with Gasteiger partial charge in [0.1, 0.15) is 0 Å². The van der Waals surface area contributed by atoms with Crippen molar-refractivity contribution in [3.05, 3.63) is 45.6 Å². The molecule has 0 unspecified atom stereocenters. The van der Waals surface area contributed by atoms with Crippen LogP contribution in [0.4, 0.5) is 0 Å². The van der Waals surface area contributed by atoms with E-state index in [9.17, 15) is 0 Å². The summed E-state index contributed by atoms with van der Waals surface area (Å²) in [6, 6.07) is 5.58. The monoisotopic (exact) mass is 281 g/mol. The largest absolute Gasteiger partial charge is 0.292 e. The molecule has 0 saturated carbocycles. The molecule has 1 aromatic carbocycles. The number of halogens is 2. The standard InChI is InChI=1S/C15H17Cl2N/c1-4-5-6-7-13(11(2)18-3)12-8-9-14(16)15(17)10-12/h6,8-10H,4-5H2,1-3H3. The van der Waals surface area contributed by atoms with E-state index in [2.05, 4.69) is 17.6 Å². The third-order valence-corrected chi connectivity index (χ3v) is 3.32. The fourth-order valence-electron chi connectivity index (χ4n) is 1.48. The summed E-state index contributed by atoms with van der Waals surface area (Å²) in [6.45, 7) is 4.10. The molecule has 0 amide bonds. The number of hydrogen-bond acceptors (Lipinski definition) is 1. The maximum Gasteiger partial charge on any atom is 0.0598 e. The van der Waals surface area contributed by atoms with Gasteiger partial charge in [0.2, 0.25) is 0 Å². The summed E-state index contributed by atoms with van der Waals surface area (Å²) in [4.78, 5) is 4.22. The lowest BCUT2D eigenvalue weighted by molar-refractivity contribution is 0.960. The molecule has 0 fully saturated rings. The molecule has 1 nitrogen and oxygen atoms in total. The number of aliphatic imine (C=N–C) groups is 1. The second-order valence-electron chi connectivity index (χ2n) is 3.95. The average molecular weight is 282 g/mol. The molecule has 0 spiro atoms. The Morgan fingerprint density at radius 1 is 1.33 bits per heavy atom. The molecule has 0 saturated heterocycles. The van der Waals surface area contributed by atoms with Crippen molar-refractivity contribution in [2.75, 3.05) is 7.05 Å². The number of unbranched alkanes of at least 4 members (excludes halogenated alkanes) is 1. The van der Waals surface area contributed by atoms with Crippen LogP contribution in [0, 0.1) is 0 Å². The van der Waals surface area contributed by atoms with Crippen molar-refractivity contribution in [2.24, 2.45) is 4.99 Å². The fourth-order valence-corrected chi connectivity index (χ4v) is 1.78. The molecule has 1 rings (SSSR count). The van der Waals surface area contributed by atoms with E-state index in [-0.39, 0.29) is 0 Å². The molecule has 0 radical (unpaired) electrons. The van der Waals surface area contributed by atoms with Gasteiger partial charge in [0.15, 0.2) is 0 Å². The Morgan fingerprint density at radius 2 is 2.06 bits per heavy atom. The van der Waals surface area contributed by atoms with Crippen LogP contribution >= 0.6 is 23.2 Å². The van der Waals surface area contributed by atoms with E-state index in [0.717, 1.165) is 29.7 Å². The Morgan fingerprint density at radius 3 is 2.61 bits per heavy atom. The lowest BCUT2D eigenvalue weighted by atomic mass is 10.0. The van der Waals surface area contributed by atoms with Crippen LogP contribution in [0.15, 0.2) is 35.0 Å². The molecule has 0 aromatic heterocycles. The van der Waals surface area contributed by atoms with Crippen molar-refractivity contribution < 1.29 is 0 Å². The highest BCUT2D eigenvalue weighted by molar-refractivity contribution is 6.42. The zero-order chi connectivity index (χ0) is 13.5. The first-order chi connectivity index (χ1) is 8.60. The van der Waals surface area contributed by atoms with Crippen LogP contribution in [0.3, 0.4) is 0 Å². The zero-order valence-corrected chi connectivity index (χ0v) is 12.4. The van der Waals surface area contributed by atoms with Crippen molar-refractivity contribution in [2.45, 2.75) is 26.7 Å². The van der Waals surface area contributed by atoms with Crippen molar-refractivity contribution in [3.8, 4) is 0 Å². The van der Waals surface area contributed by atoms with Crippen molar-refractivity contribution >= 4 is 34.5 Å². The number of rotatable bonds is 4. The highest BCUT2D eigenvalue weighted by Gasteiger charge is 2.06. The van der Waals surface area contributed by atoms with E-state index in [1.165, 1.54) is 0 Å². The van der Waals surface area contributed by atoms with Gasteiger partial charge >= 0.3 is 0 Å². The van der Waals surface area contributed by atoms with E-state index in [1.54, 1.807) is 13.1 Å². The third-order valence-electron chi connectivity index (χ3n) is 2.58. The SMILES string of the molecule is CCCC=C=C(C(C)=NC)c1ccc(Cl)c(Cl)c1. The predicted octanol–water partition coefficient (Wildman–Crippen LogP) is 5.42. The van der Waals surface area contributed by atoms with E-state index >= 15 is 0 Å². The maximum atomic E-state index is 6.04. The minimum absolute atomic E-state index is 0.549. The van der Waals surface area contributed by atoms with Crippen LogP contribution in [-0.2, 0) is 0 Å². The van der Waals surface area contributed by atoms with E-state index in [4.69, 9.17) is 23.2 Å². The van der Waals surface area contributed by atoms with Gasteiger partial charge in [-0.2, -0.15) is 0 Å². The Hall–Kier alpha value is -1.01. The van der Waals surface area contributed by atoms with Gasteiger partial charge in [0.05, 0.1) is 10.0 Å². The van der Waals surface area contributed by atoms with Gasteiger partial charge in [0, 0.05) is 18.3 Å². The summed E-state index contributed by atoms with van der Waals surface area (Å²) in [5.74, 6) is 0. The highest BCUT2D eigenvalue weighted by Crippen LogP contribution is 2.26. The molecule has 0 aliphatic heterocycles. The molecule has 0 atom stereocenters. The second-order valence-corrected chi connectivity index (χ2v) is 4.76. The van der Waals surface area contributed by atoms with E-state index in [0.29, 0.717) is 10.0 Å². The van der Waals surface area contributed by atoms with Gasteiger partial charge in [-0.05, 0) is 37.1 Å². The number of hydrogen-bond donors (Lipinski definition) is 0. The first-order valence-corrected chi connectivity index (χ1v) is 6.70. The van der Waals surface area contributed by atoms with Gasteiger partial charge in [-0.15, -0.1) is 5.73 Å². The second kappa shape index (κ2) is 7.43. The van der Waals surface area contributed by atoms with Crippen molar-refractivity contribution in [3.63, 3.8) is 0 Å². The van der Waals surface area contributed by atoms with Crippen LogP contribution in [0.1, 0.15) is 32.3 Å².